The van der Waals surface area contributed by atoms with E-state index < -0.39 is 0 Å². The third-order valence-electron chi connectivity index (χ3n) is 3.09. The van der Waals surface area contributed by atoms with Crippen LogP contribution in [0.4, 0.5) is 5.69 Å². The van der Waals surface area contributed by atoms with Gasteiger partial charge in [0.1, 0.15) is 5.69 Å². The van der Waals surface area contributed by atoms with Gasteiger partial charge in [-0.05, 0) is 20.3 Å². The fourth-order valence-electron chi connectivity index (χ4n) is 1.97. The van der Waals surface area contributed by atoms with Crippen molar-refractivity contribution in [1.82, 2.24) is 24.8 Å². The predicted octanol–water partition coefficient (Wildman–Crippen LogP) is 0.623. The summed E-state index contributed by atoms with van der Waals surface area (Å²) in [5, 5.41) is 24.6. The van der Waals surface area contributed by atoms with Gasteiger partial charge in [-0.1, -0.05) is 5.21 Å². The molecule has 2 N–H and O–H groups in total. The van der Waals surface area contributed by atoms with Crippen molar-refractivity contribution in [2.45, 2.75) is 33.4 Å². The Hall–Kier alpha value is -1.89. The molecule has 0 spiro atoms. The van der Waals surface area contributed by atoms with E-state index in [1.54, 1.807) is 4.68 Å². The van der Waals surface area contributed by atoms with Crippen molar-refractivity contribution in [1.29, 1.82) is 0 Å². The van der Waals surface area contributed by atoms with Gasteiger partial charge in [0.05, 0.1) is 29.8 Å². The highest BCUT2D eigenvalue weighted by atomic mass is 16.3. The molecular formula is C12H20N6O. The summed E-state index contributed by atoms with van der Waals surface area (Å²) in [6, 6.07) is 0. The van der Waals surface area contributed by atoms with E-state index in [0.717, 1.165) is 22.8 Å². The van der Waals surface area contributed by atoms with Crippen LogP contribution in [0, 0.1) is 13.8 Å². The number of rotatable bonds is 6. The van der Waals surface area contributed by atoms with E-state index in [2.05, 4.69) is 20.7 Å². The predicted molar refractivity (Wildman–Crippen MR) is 71.7 cm³/mol. The lowest BCUT2D eigenvalue weighted by Gasteiger charge is -2.04. The van der Waals surface area contributed by atoms with E-state index in [-0.39, 0.29) is 6.61 Å². The van der Waals surface area contributed by atoms with Crippen molar-refractivity contribution in [2.24, 2.45) is 7.05 Å². The first-order chi connectivity index (χ1) is 9.11. The first kappa shape index (κ1) is 13.5. The standard InChI is InChI=1S/C12H20N6O/c1-9-12(10(2)17(3)15-9)13-7-11-8-18(16-14-11)5-4-6-19/h8,13,19H,4-7H2,1-3H3. The maximum atomic E-state index is 8.77. The molecule has 0 saturated heterocycles. The molecule has 2 rings (SSSR count). The quantitative estimate of drug-likeness (QED) is 0.799. The molecule has 0 radical (unpaired) electrons. The number of nitrogens with one attached hydrogen (secondary N) is 1. The third kappa shape index (κ3) is 3.11. The first-order valence-electron chi connectivity index (χ1n) is 6.35. The zero-order valence-corrected chi connectivity index (χ0v) is 11.6. The zero-order valence-electron chi connectivity index (χ0n) is 11.6. The SMILES string of the molecule is Cc1nn(C)c(C)c1NCc1cn(CCCO)nn1. The maximum Gasteiger partial charge on any atom is 0.102 e. The van der Waals surface area contributed by atoms with Gasteiger partial charge in [-0.2, -0.15) is 5.10 Å². The number of aliphatic hydroxyl groups is 1. The molecule has 0 amide bonds. The minimum Gasteiger partial charge on any atom is -0.396 e. The summed E-state index contributed by atoms with van der Waals surface area (Å²) in [5.41, 5.74) is 4.01. The highest BCUT2D eigenvalue weighted by Crippen LogP contribution is 2.18. The van der Waals surface area contributed by atoms with Crippen molar-refractivity contribution in [3.05, 3.63) is 23.3 Å². The fraction of sp³-hybridized carbons (Fsp3) is 0.583. The molecule has 0 atom stereocenters. The Morgan fingerprint density at radius 1 is 1.37 bits per heavy atom. The van der Waals surface area contributed by atoms with Crippen LogP contribution in [-0.4, -0.2) is 36.5 Å². The maximum absolute atomic E-state index is 8.77. The van der Waals surface area contributed by atoms with Gasteiger partial charge in [-0.25, -0.2) is 0 Å². The van der Waals surface area contributed by atoms with Crippen LogP contribution in [0.3, 0.4) is 0 Å². The van der Waals surface area contributed by atoms with E-state index in [0.29, 0.717) is 19.5 Å². The summed E-state index contributed by atoms with van der Waals surface area (Å²) in [6.45, 7) is 5.48. The second-order valence-corrected chi connectivity index (χ2v) is 4.57. The van der Waals surface area contributed by atoms with Crippen molar-refractivity contribution in [2.75, 3.05) is 11.9 Å². The Labute approximate surface area is 112 Å². The summed E-state index contributed by atoms with van der Waals surface area (Å²) >= 11 is 0. The van der Waals surface area contributed by atoms with Gasteiger partial charge in [-0.15, -0.1) is 5.10 Å². The van der Waals surface area contributed by atoms with Gasteiger partial charge < -0.3 is 10.4 Å². The van der Waals surface area contributed by atoms with E-state index in [1.165, 1.54) is 0 Å². The minimum absolute atomic E-state index is 0.168. The number of aliphatic hydroxyl groups excluding tert-OH is 1. The van der Waals surface area contributed by atoms with Gasteiger partial charge in [0.25, 0.3) is 0 Å². The fourth-order valence-corrected chi connectivity index (χ4v) is 1.97. The van der Waals surface area contributed by atoms with Crippen molar-refractivity contribution < 1.29 is 5.11 Å². The normalized spacial score (nSPS) is 10.9. The molecule has 2 aromatic heterocycles. The van der Waals surface area contributed by atoms with E-state index in [1.807, 2.05) is 31.8 Å². The molecule has 0 aliphatic heterocycles. The van der Waals surface area contributed by atoms with Crippen molar-refractivity contribution in [3.8, 4) is 0 Å². The Bertz CT molecular complexity index is 544. The monoisotopic (exact) mass is 264 g/mol. The summed E-state index contributed by atoms with van der Waals surface area (Å²) < 4.78 is 3.60. The van der Waals surface area contributed by atoms with Crippen LogP contribution in [0.15, 0.2) is 6.20 Å². The molecule has 0 aromatic carbocycles. The van der Waals surface area contributed by atoms with Gasteiger partial charge >= 0.3 is 0 Å². The van der Waals surface area contributed by atoms with Gasteiger partial charge in [0.2, 0.25) is 0 Å². The molecule has 2 heterocycles. The molecule has 0 unspecified atom stereocenters. The van der Waals surface area contributed by atoms with Crippen LogP contribution in [-0.2, 0) is 20.1 Å². The van der Waals surface area contributed by atoms with E-state index in [4.69, 9.17) is 5.11 Å². The molecule has 0 bridgehead atoms. The Morgan fingerprint density at radius 2 is 2.16 bits per heavy atom. The number of aromatic nitrogens is 5. The summed E-state index contributed by atoms with van der Waals surface area (Å²) in [4.78, 5) is 0. The molecule has 0 saturated carbocycles. The molecule has 2 aromatic rings. The Kier molecular flexibility index (Phi) is 4.16. The Balaban J connectivity index is 1.96. The topological polar surface area (TPSA) is 80.8 Å². The smallest absolute Gasteiger partial charge is 0.102 e. The summed E-state index contributed by atoms with van der Waals surface area (Å²) in [7, 11) is 1.93. The second kappa shape index (κ2) is 5.83. The number of nitrogens with zero attached hydrogens (tertiary/aromatic N) is 5. The lowest BCUT2D eigenvalue weighted by atomic mass is 10.3. The summed E-state index contributed by atoms with van der Waals surface area (Å²) in [5.74, 6) is 0. The van der Waals surface area contributed by atoms with Crippen LogP contribution in [0.5, 0.6) is 0 Å². The minimum atomic E-state index is 0.168. The largest absolute Gasteiger partial charge is 0.396 e. The lowest BCUT2D eigenvalue weighted by Crippen LogP contribution is -2.02. The number of anilines is 1. The number of hydrogen-bond acceptors (Lipinski definition) is 5. The number of hydrogen-bond donors (Lipinski definition) is 2. The first-order valence-corrected chi connectivity index (χ1v) is 6.35. The van der Waals surface area contributed by atoms with Crippen LogP contribution in [0.25, 0.3) is 0 Å². The average molecular weight is 264 g/mol. The third-order valence-corrected chi connectivity index (χ3v) is 3.09. The van der Waals surface area contributed by atoms with E-state index in [9.17, 15) is 0 Å². The summed E-state index contributed by atoms with van der Waals surface area (Å²) in [6.07, 6.45) is 2.58. The highest BCUT2D eigenvalue weighted by molar-refractivity contribution is 5.51. The van der Waals surface area contributed by atoms with Gasteiger partial charge in [-0.3, -0.25) is 9.36 Å². The lowest BCUT2D eigenvalue weighted by molar-refractivity contribution is 0.276. The molecule has 104 valence electrons. The zero-order chi connectivity index (χ0) is 13.8. The molecule has 7 nitrogen and oxygen atoms in total. The molecule has 0 fully saturated rings. The van der Waals surface area contributed by atoms with Crippen LogP contribution >= 0.6 is 0 Å². The van der Waals surface area contributed by atoms with Crippen LogP contribution < -0.4 is 5.32 Å². The van der Waals surface area contributed by atoms with Crippen LogP contribution in [0.1, 0.15) is 23.5 Å². The average Bonchev–Trinajstić information content (AvgIpc) is 2.92. The van der Waals surface area contributed by atoms with Crippen molar-refractivity contribution in [3.63, 3.8) is 0 Å². The second-order valence-electron chi connectivity index (χ2n) is 4.57. The Morgan fingerprint density at radius 3 is 2.79 bits per heavy atom. The highest BCUT2D eigenvalue weighted by Gasteiger charge is 2.09. The van der Waals surface area contributed by atoms with Crippen LogP contribution in [0.2, 0.25) is 0 Å². The molecule has 0 aliphatic rings. The van der Waals surface area contributed by atoms with E-state index >= 15 is 0 Å². The number of aryl methyl sites for hydroxylation is 3. The van der Waals surface area contributed by atoms with Crippen molar-refractivity contribution >= 4 is 5.69 Å². The molecule has 0 aliphatic carbocycles. The molecule has 7 heteroatoms. The van der Waals surface area contributed by atoms with Gasteiger partial charge in [0, 0.05) is 20.2 Å². The molecule has 19 heavy (non-hydrogen) atoms. The molecular weight excluding hydrogens is 244 g/mol. The van der Waals surface area contributed by atoms with Gasteiger partial charge in [0.15, 0.2) is 0 Å².